The fraction of sp³-hybridized carbons (Fsp3) is 0.0714. The molecule has 104 valence electrons. The van der Waals surface area contributed by atoms with Gasteiger partial charge in [0.2, 0.25) is 5.91 Å². The van der Waals surface area contributed by atoms with E-state index in [4.69, 9.17) is 23.1 Å². The van der Waals surface area contributed by atoms with Gasteiger partial charge in [-0.2, -0.15) is 0 Å². The van der Waals surface area contributed by atoms with Gasteiger partial charge >= 0.3 is 0 Å². The van der Waals surface area contributed by atoms with Crippen molar-refractivity contribution in [3.8, 4) is 0 Å². The molecule has 0 aliphatic rings. The van der Waals surface area contributed by atoms with Gasteiger partial charge < -0.3 is 11.5 Å². The molecule has 2 rings (SSSR count). The second kappa shape index (κ2) is 6.07. The highest BCUT2D eigenvalue weighted by molar-refractivity contribution is 7.84. The summed E-state index contributed by atoms with van der Waals surface area (Å²) in [6.45, 7) is 0. The minimum atomic E-state index is -1.27. The second-order valence-electron chi connectivity index (χ2n) is 4.24. The van der Waals surface area contributed by atoms with Crippen molar-refractivity contribution in [3.05, 3.63) is 58.6 Å². The van der Waals surface area contributed by atoms with E-state index in [1.54, 1.807) is 42.5 Å². The van der Waals surface area contributed by atoms with Crippen molar-refractivity contribution in [1.82, 2.24) is 0 Å². The Bertz CT molecular complexity index is 689. The van der Waals surface area contributed by atoms with Crippen LogP contribution in [0.2, 0.25) is 5.02 Å². The molecule has 0 bridgehead atoms. The largest absolute Gasteiger partial charge is 0.398 e. The average Bonchev–Trinajstić information content (AvgIpc) is 2.42. The van der Waals surface area contributed by atoms with Crippen LogP contribution in [0.1, 0.15) is 15.9 Å². The van der Waals surface area contributed by atoms with Crippen LogP contribution in [0, 0.1) is 0 Å². The predicted molar refractivity (Wildman–Crippen MR) is 80.9 cm³/mol. The molecule has 4 nitrogen and oxygen atoms in total. The molecule has 0 aliphatic heterocycles. The number of benzene rings is 2. The Morgan fingerprint density at radius 2 is 1.95 bits per heavy atom. The van der Waals surface area contributed by atoms with Crippen molar-refractivity contribution < 1.29 is 9.00 Å². The lowest BCUT2D eigenvalue weighted by Gasteiger charge is -2.06. The Labute approximate surface area is 124 Å². The summed E-state index contributed by atoms with van der Waals surface area (Å²) in [5.74, 6) is -0.227. The van der Waals surface area contributed by atoms with Crippen LogP contribution < -0.4 is 11.5 Å². The topological polar surface area (TPSA) is 86.2 Å². The van der Waals surface area contributed by atoms with Gasteiger partial charge in [0.1, 0.15) is 0 Å². The number of carbonyl (C=O) groups excluding carboxylic acids is 1. The maximum Gasteiger partial charge on any atom is 0.248 e. The number of halogens is 1. The predicted octanol–water partition coefficient (Wildman–Crippen LogP) is 2.33. The summed E-state index contributed by atoms with van der Waals surface area (Å²) >= 11 is 5.91. The first-order valence-electron chi connectivity index (χ1n) is 5.79. The molecular weight excluding hydrogens is 296 g/mol. The molecule has 0 aromatic heterocycles. The molecule has 1 unspecified atom stereocenters. The Kier molecular flexibility index (Phi) is 4.42. The molecule has 0 heterocycles. The first kappa shape index (κ1) is 14.6. The quantitative estimate of drug-likeness (QED) is 0.850. The van der Waals surface area contributed by atoms with Gasteiger partial charge in [-0.1, -0.05) is 23.7 Å². The summed E-state index contributed by atoms with van der Waals surface area (Å²) in [5, 5.41) is 0.377. The van der Waals surface area contributed by atoms with Crippen LogP contribution in [-0.4, -0.2) is 10.1 Å². The van der Waals surface area contributed by atoms with Crippen molar-refractivity contribution in [3.63, 3.8) is 0 Å². The summed E-state index contributed by atoms with van der Waals surface area (Å²) in [4.78, 5) is 11.7. The van der Waals surface area contributed by atoms with Crippen molar-refractivity contribution >= 4 is 34.0 Å². The molecule has 0 spiro atoms. The molecule has 2 aromatic rings. The standard InChI is InChI=1S/C14H13ClN2O2S/c15-12-7-11(4-5-13(12)16)20(19)8-9-2-1-3-10(6-9)14(17)18/h1-7H,8,16H2,(H2,17,18). The van der Waals surface area contributed by atoms with Crippen LogP contribution in [0.4, 0.5) is 5.69 Å². The Balaban J connectivity index is 2.21. The van der Waals surface area contributed by atoms with Gasteiger partial charge in [0.15, 0.2) is 0 Å². The minimum absolute atomic E-state index is 0.279. The zero-order valence-electron chi connectivity index (χ0n) is 10.5. The number of rotatable bonds is 4. The number of anilines is 1. The molecule has 1 amide bonds. The molecule has 2 aromatic carbocycles. The molecule has 1 atom stereocenters. The highest BCUT2D eigenvalue weighted by Crippen LogP contribution is 2.23. The van der Waals surface area contributed by atoms with Crippen LogP contribution in [0.3, 0.4) is 0 Å². The monoisotopic (exact) mass is 308 g/mol. The van der Waals surface area contributed by atoms with E-state index in [1.165, 1.54) is 0 Å². The summed E-state index contributed by atoms with van der Waals surface area (Å²) in [6.07, 6.45) is 0. The van der Waals surface area contributed by atoms with Crippen molar-refractivity contribution in [2.24, 2.45) is 5.73 Å². The smallest absolute Gasteiger partial charge is 0.248 e. The summed E-state index contributed by atoms with van der Waals surface area (Å²) in [5.41, 5.74) is 12.4. The van der Waals surface area contributed by atoms with E-state index in [0.29, 0.717) is 21.2 Å². The fourth-order valence-corrected chi connectivity index (χ4v) is 3.06. The van der Waals surface area contributed by atoms with E-state index in [9.17, 15) is 9.00 Å². The number of amides is 1. The van der Waals surface area contributed by atoms with Gasteiger partial charge in [-0.05, 0) is 35.9 Å². The van der Waals surface area contributed by atoms with Crippen LogP contribution in [0.5, 0.6) is 0 Å². The molecule has 0 saturated heterocycles. The average molecular weight is 309 g/mol. The van der Waals surface area contributed by atoms with E-state index in [1.807, 2.05) is 0 Å². The van der Waals surface area contributed by atoms with Gasteiger partial charge in [0, 0.05) is 10.5 Å². The summed E-state index contributed by atoms with van der Waals surface area (Å²) in [6, 6.07) is 11.6. The van der Waals surface area contributed by atoms with E-state index < -0.39 is 16.7 Å². The highest BCUT2D eigenvalue weighted by Gasteiger charge is 2.09. The molecule has 0 radical (unpaired) electrons. The summed E-state index contributed by atoms with van der Waals surface area (Å²) in [7, 11) is -1.27. The van der Waals surface area contributed by atoms with Crippen LogP contribution in [0.25, 0.3) is 0 Å². The molecule has 4 N–H and O–H groups in total. The van der Waals surface area contributed by atoms with Crippen LogP contribution in [0.15, 0.2) is 47.4 Å². The van der Waals surface area contributed by atoms with Gasteiger partial charge in [-0.15, -0.1) is 0 Å². The third-order valence-corrected chi connectivity index (χ3v) is 4.45. The van der Waals surface area contributed by atoms with E-state index in [2.05, 4.69) is 0 Å². The van der Waals surface area contributed by atoms with Crippen molar-refractivity contribution in [2.45, 2.75) is 10.6 Å². The second-order valence-corrected chi connectivity index (χ2v) is 6.10. The number of nitrogens with two attached hydrogens (primary N) is 2. The lowest BCUT2D eigenvalue weighted by Crippen LogP contribution is -2.11. The molecule has 0 aliphatic carbocycles. The molecule has 0 saturated carbocycles. The zero-order chi connectivity index (χ0) is 14.7. The number of hydrogen-bond donors (Lipinski definition) is 2. The Morgan fingerprint density at radius 1 is 1.20 bits per heavy atom. The highest BCUT2D eigenvalue weighted by atomic mass is 35.5. The Morgan fingerprint density at radius 3 is 2.60 bits per heavy atom. The third-order valence-electron chi connectivity index (χ3n) is 2.74. The lowest BCUT2D eigenvalue weighted by atomic mass is 10.1. The van der Waals surface area contributed by atoms with Crippen molar-refractivity contribution in [2.75, 3.05) is 5.73 Å². The van der Waals surface area contributed by atoms with Gasteiger partial charge in [0.25, 0.3) is 0 Å². The third kappa shape index (κ3) is 3.37. The minimum Gasteiger partial charge on any atom is -0.398 e. The van der Waals surface area contributed by atoms with Gasteiger partial charge in [-0.25, -0.2) is 0 Å². The SMILES string of the molecule is NC(=O)c1cccc(CS(=O)c2ccc(N)c(Cl)c2)c1. The Hall–Kier alpha value is -1.85. The first-order valence-corrected chi connectivity index (χ1v) is 7.49. The van der Waals surface area contributed by atoms with Gasteiger partial charge in [0.05, 0.1) is 27.3 Å². The molecule has 0 fully saturated rings. The molecule has 6 heteroatoms. The zero-order valence-corrected chi connectivity index (χ0v) is 12.1. The fourth-order valence-electron chi connectivity index (χ4n) is 1.70. The van der Waals surface area contributed by atoms with Crippen molar-refractivity contribution in [1.29, 1.82) is 0 Å². The maximum absolute atomic E-state index is 12.3. The lowest BCUT2D eigenvalue weighted by molar-refractivity contribution is 0.1000. The molecule has 20 heavy (non-hydrogen) atoms. The number of hydrogen-bond acceptors (Lipinski definition) is 3. The number of carbonyl (C=O) groups is 1. The first-order chi connectivity index (χ1) is 9.47. The van der Waals surface area contributed by atoms with E-state index in [0.717, 1.165) is 5.56 Å². The number of primary amides is 1. The number of nitrogen functional groups attached to an aromatic ring is 1. The van der Waals surface area contributed by atoms with E-state index >= 15 is 0 Å². The van der Waals surface area contributed by atoms with E-state index in [-0.39, 0.29) is 5.75 Å². The van der Waals surface area contributed by atoms with Crippen LogP contribution >= 0.6 is 11.6 Å². The van der Waals surface area contributed by atoms with Gasteiger partial charge in [-0.3, -0.25) is 9.00 Å². The molecular formula is C14H13ClN2O2S. The maximum atomic E-state index is 12.3. The normalized spacial score (nSPS) is 12.1. The summed E-state index contributed by atoms with van der Waals surface area (Å²) < 4.78 is 12.3. The van der Waals surface area contributed by atoms with Crippen LogP contribution in [-0.2, 0) is 16.6 Å².